The van der Waals surface area contributed by atoms with E-state index in [1.54, 1.807) is 0 Å². The molecule has 4 rings (SSSR count). The van der Waals surface area contributed by atoms with Gasteiger partial charge in [0, 0.05) is 35.4 Å². The van der Waals surface area contributed by atoms with Gasteiger partial charge in [-0.15, -0.1) is 0 Å². The normalized spacial score (nSPS) is 19.3. The van der Waals surface area contributed by atoms with Gasteiger partial charge in [-0.3, -0.25) is 39.4 Å². The van der Waals surface area contributed by atoms with Gasteiger partial charge in [0.05, 0.1) is 21.7 Å². The first-order valence-corrected chi connectivity index (χ1v) is 10.9. The van der Waals surface area contributed by atoms with E-state index < -0.39 is 51.7 Å². The Morgan fingerprint density at radius 2 is 1.34 bits per heavy atom. The number of fused-ring (bicyclic) bond motifs is 1. The molecule has 1 saturated heterocycles. The van der Waals surface area contributed by atoms with Gasteiger partial charge in [0.15, 0.2) is 5.78 Å². The SMILES string of the molecule is O=C(CN(C(=O)c1cccc([N+](=O)[O-])c1)N1C(=O)[C@@H]2CCCC[C@H]2C1=O)c1cccc([N+](=O)[O-])c1. The summed E-state index contributed by atoms with van der Waals surface area (Å²) in [7, 11) is 0. The zero-order valence-electron chi connectivity index (χ0n) is 18.4. The van der Waals surface area contributed by atoms with Crippen molar-refractivity contribution in [2.75, 3.05) is 6.54 Å². The molecule has 35 heavy (non-hydrogen) atoms. The number of ketones is 1. The molecule has 180 valence electrons. The van der Waals surface area contributed by atoms with Crippen LogP contribution in [0.15, 0.2) is 48.5 Å². The molecule has 2 aliphatic rings. The third-order valence-electron chi connectivity index (χ3n) is 6.27. The summed E-state index contributed by atoms with van der Waals surface area (Å²) >= 11 is 0. The fourth-order valence-corrected chi connectivity index (χ4v) is 4.54. The van der Waals surface area contributed by atoms with Crippen LogP contribution in [0.25, 0.3) is 0 Å². The summed E-state index contributed by atoms with van der Waals surface area (Å²) in [5.74, 6) is -4.12. The van der Waals surface area contributed by atoms with E-state index >= 15 is 0 Å². The van der Waals surface area contributed by atoms with Crippen LogP contribution in [0.4, 0.5) is 11.4 Å². The van der Waals surface area contributed by atoms with Gasteiger partial charge in [0.2, 0.25) is 0 Å². The summed E-state index contributed by atoms with van der Waals surface area (Å²) in [6.45, 7) is -0.764. The fraction of sp³-hybridized carbons (Fsp3) is 0.304. The average molecular weight is 480 g/mol. The molecule has 2 fully saturated rings. The third-order valence-corrected chi connectivity index (χ3v) is 6.27. The molecule has 1 aliphatic carbocycles. The Bertz CT molecular complexity index is 1240. The number of carbonyl (C=O) groups is 4. The van der Waals surface area contributed by atoms with Gasteiger partial charge < -0.3 is 0 Å². The Balaban J connectivity index is 1.72. The summed E-state index contributed by atoms with van der Waals surface area (Å²) in [4.78, 5) is 73.7. The topological polar surface area (TPSA) is 161 Å². The van der Waals surface area contributed by atoms with E-state index in [0.717, 1.165) is 25.0 Å². The molecule has 2 atom stereocenters. The van der Waals surface area contributed by atoms with Crippen LogP contribution >= 0.6 is 0 Å². The summed E-state index contributed by atoms with van der Waals surface area (Å²) in [6.07, 6.45) is 2.45. The number of benzene rings is 2. The van der Waals surface area contributed by atoms with Gasteiger partial charge in [0.25, 0.3) is 29.1 Å². The van der Waals surface area contributed by atoms with Crippen LogP contribution in [-0.2, 0) is 9.59 Å². The van der Waals surface area contributed by atoms with Gasteiger partial charge in [-0.25, -0.2) is 5.01 Å². The first-order chi connectivity index (χ1) is 16.7. The molecule has 0 aromatic heterocycles. The maximum Gasteiger partial charge on any atom is 0.273 e. The molecule has 0 spiro atoms. The molecule has 1 heterocycles. The number of imide groups is 1. The summed E-state index contributed by atoms with van der Waals surface area (Å²) in [6, 6.07) is 9.57. The number of Topliss-reactive ketones (excluding diaryl/α,β-unsaturated/α-hetero) is 1. The highest BCUT2D eigenvalue weighted by atomic mass is 16.6. The molecular weight excluding hydrogens is 460 g/mol. The van der Waals surface area contributed by atoms with Gasteiger partial charge in [-0.2, -0.15) is 5.01 Å². The Morgan fingerprint density at radius 1 is 0.857 bits per heavy atom. The Hall–Kier alpha value is -4.48. The average Bonchev–Trinajstić information content (AvgIpc) is 3.12. The molecule has 1 saturated carbocycles. The van der Waals surface area contributed by atoms with Crippen molar-refractivity contribution in [1.82, 2.24) is 10.0 Å². The molecule has 0 N–H and O–H groups in total. The van der Waals surface area contributed by atoms with E-state index in [1.807, 2.05) is 0 Å². The zero-order valence-corrected chi connectivity index (χ0v) is 18.4. The van der Waals surface area contributed by atoms with Gasteiger partial charge >= 0.3 is 0 Å². The number of carbonyl (C=O) groups excluding carboxylic acids is 4. The third kappa shape index (κ3) is 4.50. The molecule has 0 unspecified atom stereocenters. The van der Waals surface area contributed by atoms with E-state index in [9.17, 15) is 39.4 Å². The quantitative estimate of drug-likeness (QED) is 0.253. The van der Waals surface area contributed by atoms with Gasteiger partial charge in [0.1, 0.15) is 6.54 Å². The van der Waals surface area contributed by atoms with Crippen molar-refractivity contribution in [2.24, 2.45) is 11.8 Å². The van der Waals surface area contributed by atoms with Crippen LogP contribution in [0, 0.1) is 32.1 Å². The molecular formula is C23H20N4O8. The van der Waals surface area contributed by atoms with Crippen molar-refractivity contribution in [3.05, 3.63) is 79.9 Å². The second-order valence-electron chi connectivity index (χ2n) is 8.39. The minimum atomic E-state index is -0.951. The Morgan fingerprint density at radius 3 is 1.86 bits per heavy atom. The highest BCUT2D eigenvalue weighted by molar-refractivity contribution is 6.09. The van der Waals surface area contributed by atoms with Crippen LogP contribution in [0.5, 0.6) is 0 Å². The van der Waals surface area contributed by atoms with Crippen molar-refractivity contribution < 1.29 is 29.0 Å². The minimum absolute atomic E-state index is 0.0902. The molecule has 12 heteroatoms. The lowest BCUT2D eigenvalue weighted by Crippen LogP contribution is -2.52. The number of hydrazine groups is 1. The number of nitro benzene ring substituents is 2. The smallest absolute Gasteiger partial charge is 0.273 e. The van der Waals surface area contributed by atoms with Crippen LogP contribution < -0.4 is 0 Å². The Labute approximate surface area is 198 Å². The summed E-state index contributed by atoms with van der Waals surface area (Å²) in [5.41, 5.74) is -1.01. The van der Waals surface area contributed by atoms with E-state index in [4.69, 9.17) is 0 Å². The first-order valence-electron chi connectivity index (χ1n) is 10.9. The number of hydrogen-bond donors (Lipinski definition) is 0. The maximum absolute atomic E-state index is 13.4. The second kappa shape index (κ2) is 9.41. The number of hydrogen-bond acceptors (Lipinski definition) is 8. The van der Waals surface area contributed by atoms with Crippen molar-refractivity contribution in [1.29, 1.82) is 0 Å². The Kier molecular flexibility index (Phi) is 6.36. The summed E-state index contributed by atoms with van der Waals surface area (Å²) in [5, 5.41) is 23.6. The molecule has 3 amide bonds. The van der Waals surface area contributed by atoms with Crippen LogP contribution in [0.3, 0.4) is 0 Å². The van der Waals surface area contributed by atoms with E-state index in [0.29, 0.717) is 22.9 Å². The lowest BCUT2D eigenvalue weighted by atomic mass is 9.81. The van der Waals surface area contributed by atoms with Crippen LogP contribution in [0.2, 0.25) is 0 Å². The first kappa shape index (κ1) is 23.7. The van der Waals surface area contributed by atoms with Gasteiger partial charge in [-0.1, -0.05) is 31.0 Å². The highest BCUT2D eigenvalue weighted by Gasteiger charge is 2.51. The van der Waals surface area contributed by atoms with Crippen molar-refractivity contribution in [3.8, 4) is 0 Å². The maximum atomic E-state index is 13.4. The zero-order chi connectivity index (χ0) is 25.3. The summed E-state index contributed by atoms with van der Waals surface area (Å²) < 4.78 is 0. The van der Waals surface area contributed by atoms with Gasteiger partial charge in [-0.05, 0) is 18.9 Å². The molecule has 12 nitrogen and oxygen atoms in total. The van der Waals surface area contributed by atoms with E-state index in [2.05, 4.69) is 0 Å². The van der Waals surface area contributed by atoms with E-state index in [-0.39, 0.29) is 22.5 Å². The minimum Gasteiger partial charge on any atom is -0.292 e. The molecule has 1 aliphatic heterocycles. The van der Waals surface area contributed by atoms with Crippen molar-refractivity contribution in [2.45, 2.75) is 25.7 Å². The number of amides is 3. The number of nitro groups is 2. The standard InChI is InChI=1S/C23H20N4O8/c28-20(14-5-3-7-16(11-14)26(32)33)13-24(21(29)15-6-4-8-17(12-15)27(34)35)25-22(30)18-9-1-2-10-19(18)23(25)31/h3-8,11-12,18-19H,1-2,9-10,13H2/t18-,19-/m1/s1. The lowest BCUT2D eigenvalue weighted by molar-refractivity contribution is -0.385. The van der Waals surface area contributed by atoms with Crippen molar-refractivity contribution >= 4 is 34.9 Å². The second-order valence-corrected chi connectivity index (χ2v) is 8.39. The largest absolute Gasteiger partial charge is 0.292 e. The number of rotatable bonds is 7. The van der Waals surface area contributed by atoms with E-state index in [1.165, 1.54) is 36.4 Å². The lowest BCUT2D eigenvalue weighted by Gasteiger charge is -2.30. The molecule has 2 aromatic carbocycles. The molecule has 0 bridgehead atoms. The molecule has 0 radical (unpaired) electrons. The predicted octanol–water partition coefficient (Wildman–Crippen LogP) is 2.92. The van der Waals surface area contributed by atoms with Crippen LogP contribution in [0.1, 0.15) is 46.4 Å². The van der Waals surface area contributed by atoms with Crippen LogP contribution in [-0.4, -0.2) is 49.9 Å². The fourth-order valence-electron chi connectivity index (χ4n) is 4.54. The van der Waals surface area contributed by atoms with Crippen molar-refractivity contribution in [3.63, 3.8) is 0 Å². The monoisotopic (exact) mass is 480 g/mol. The highest BCUT2D eigenvalue weighted by Crippen LogP contribution is 2.39. The predicted molar refractivity (Wildman–Crippen MR) is 119 cm³/mol. The number of nitrogens with zero attached hydrogens (tertiary/aromatic N) is 4. The molecule has 2 aromatic rings. The number of non-ortho nitro benzene ring substituents is 2.